The van der Waals surface area contributed by atoms with Gasteiger partial charge in [0, 0.05) is 31.4 Å². The van der Waals surface area contributed by atoms with Gasteiger partial charge in [0.25, 0.3) is 0 Å². The van der Waals surface area contributed by atoms with Crippen LogP contribution in [-0.4, -0.2) is 34.3 Å². The van der Waals surface area contributed by atoms with Crippen molar-refractivity contribution in [2.24, 2.45) is 0 Å². The normalized spacial score (nSPS) is 29.9. The first-order chi connectivity index (χ1) is 6.84. The first kappa shape index (κ1) is 8.17. The fraction of sp³-hybridized carbons (Fsp3) is 0.600. The summed E-state index contributed by atoms with van der Waals surface area (Å²) in [5, 5.41) is 9.25. The second-order valence-electron chi connectivity index (χ2n) is 4.07. The lowest BCUT2D eigenvalue weighted by molar-refractivity contribution is 0.271. The largest absolute Gasteiger partial charge is 0.392 e. The fourth-order valence-corrected chi connectivity index (χ4v) is 1.74. The molecule has 74 valence electrons. The molecule has 1 aromatic heterocycles. The third kappa shape index (κ3) is 1.26. The molecule has 2 heterocycles. The summed E-state index contributed by atoms with van der Waals surface area (Å²) in [6.45, 7) is 2.15. The molecule has 0 spiro atoms. The summed E-state index contributed by atoms with van der Waals surface area (Å²) >= 11 is 0. The highest BCUT2D eigenvalue weighted by Crippen LogP contribution is 2.40. The van der Waals surface area contributed by atoms with Gasteiger partial charge < -0.3 is 10.0 Å². The summed E-state index contributed by atoms with van der Waals surface area (Å²) in [7, 11) is 0. The highest BCUT2D eigenvalue weighted by atomic mass is 16.3. The smallest absolute Gasteiger partial charge is 0.225 e. The molecular formula is C10H13N3O. The van der Waals surface area contributed by atoms with Crippen LogP contribution in [0.15, 0.2) is 12.4 Å². The quantitative estimate of drug-likeness (QED) is 0.741. The van der Waals surface area contributed by atoms with Gasteiger partial charge in [-0.05, 0) is 18.4 Å². The van der Waals surface area contributed by atoms with Crippen LogP contribution in [0.2, 0.25) is 0 Å². The topological polar surface area (TPSA) is 49.3 Å². The summed E-state index contributed by atoms with van der Waals surface area (Å²) in [5.41, 5.74) is 1.07. The molecule has 1 N–H and O–H groups in total. The third-order valence-corrected chi connectivity index (χ3v) is 2.98. The van der Waals surface area contributed by atoms with Crippen molar-refractivity contribution in [3.63, 3.8) is 0 Å². The van der Waals surface area contributed by atoms with Crippen molar-refractivity contribution in [3.05, 3.63) is 18.0 Å². The molecule has 0 aromatic carbocycles. The Morgan fingerprint density at radius 1 is 1.29 bits per heavy atom. The van der Waals surface area contributed by atoms with E-state index >= 15 is 0 Å². The lowest BCUT2D eigenvalue weighted by atomic mass is 10.2. The van der Waals surface area contributed by atoms with Gasteiger partial charge in [0.05, 0.1) is 6.10 Å². The maximum absolute atomic E-state index is 9.25. The summed E-state index contributed by atoms with van der Waals surface area (Å²) < 4.78 is 0. The Morgan fingerprint density at radius 3 is 2.36 bits per heavy atom. The summed E-state index contributed by atoms with van der Waals surface area (Å²) in [6.07, 6.45) is 5.65. The Bertz CT molecular complexity index is 310. The number of rotatable bonds is 2. The number of hydrogen-bond acceptors (Lipinski definition) is 4. The molecule has 2 aliphatic rings. The number of aliphatic hydroxyl groups excluding tert-OH is 1. The Kier molecular flexibility index (Phi) is 1.70. The van der Waals surface area contributed by atoms with E-state index in [0.29, 0.717) is 5.92 Å². The van der Waals surface area contributed by atoms with Crippen LogP contribution in [0.1, 0.15) is 24.3 Å². The Morgan fingerprint density at radius 2 is 1.93 bits per heavy atom. The number of aliphatic hydroxyl groups is 1. The highest BCUT2D eigenvalue weighted by Gasteiger charge is 2.37. The van der Waals surface area contributed by atoms with Gasteiger partial charge in [0.2, 0.25) is 5.95 Å². The van der Waals surface area contributed by atoms with E-state index in [1.165, 1.54) is 6.42 Å². The van der Waals surface area contributed by atoms with E-state index in [4.69, 9.17) is 0 Å². The maximum Gasteiger partial charge on any atom is 0.225 e. The molecule has 1 saturated heterocycles. The Labute approximate surface area is 82.6 Å². The summed E-state index contributed by atoms with van der Waals surface area (Å²) in [4.78, 5) is 10.8. The number of hydrogen-bond donors (Lipinski definition) is 1. The van der Waals surface area contributed by atoms with E-state index in [0.717, 1.165) is 31.0 Å². The van der Waals surface area contributed by atoms with Gasteiger partial charge in [-0.2, -0.15) is 0 Å². The average Bonchev–Trinajstić information content (AvgIpc) is 2.81. The van der Waals surface area contributed by atoms with E-state index < -0.39 is 0 Å². The molecule has 1 saturated carbocycles. The first-order valence-electron chi connectivity index (χ1n) is 5.09. The predicted octanol–water partition coefficient (Wildman–Crippen LogP) is 0.535. The van der Waals surface area contributed by atoms with Crippen molar-refractivity contribution >= 4 is 5.95 Å². The van der Waals surface area contributed by atoms with Crippen molar-refractivity contribution in [1.82, 2.24) is 9.97 Å². The minimum Gasteiger partial charge on any atom is -0.392 e. The first-order valence-corrected chi connectivity index (χ1v) is 5.09. The molecule has 1 aromatic rings. The molecule has 14 heavy (non-hydrogen) atoms. The highest BCUT2D eigenvalue weighted by molar-refractivity contribution is 5.34. The van der Waals surface area contributed by atoms with Crippen LogP contribution < -0.4 is 4.90 Å². The standard InChI is InChI=1S/C10H13N3O/c14-9-4-8(9)7-5-11-10(12-6-7)13-2-1-3-13/h5-6,8-9,14H,1-4H2. The summed E-state index contributed by atoms with van der Waals surface area (Å²) in [5.74, 6) is 1.12. The summed E-state index contributed by atoms with van der Waals surface area (Å²) in [6, 6.07) is 0. The second-order valence-corrected chi connectivity index (χ2v) is 4.07. The van der Waals surface area contributed by atoms with Crippen molar-refractivity contribution in [1.29, 1.82) is 0 Å². The average molecular weight is 191 g/mol. The van der Waals surface area contributed by atoms with E-state index in [2.05, 4.69) is 14.9 Å². The molecule has 2 unspecified atom stereocenters. The lowest BCUT2D eigenvalue weighted by Crippen LogP contribution is -2.38. The van der Waals surface area contributed by atoms with Gasteiger partial charge >= 0.3 is 0 Å². The Hall–Kier alpha value is -1.16. The zero-order valence-electron chi connectivity index (χ0n) is 7.93. The molecule has 1 aliphatic carbocycles. The van der Waals surface area contributed by atoms with Crippen molar-refractivity contribution in [2.45, 2.75) is 24.9 Å². The molecule has 3 rings (SSSR count). The van der Waals surface area contributed by atoms with Crippen LogP contribution in [0.4, 0.5) is 5.95 Å². The molecular weight excluding hydrogens is 178 g/mol. The number of anilines is 1. The van der Waals surface area contributed by atoms with Crippen molar-refractivity contribution < 1.29 is 5.11 Å². The molecule has 2 fully saturated rings. The fourth-order valence-electron chi connectivity index (χ4n) is 1.74. The lowest BCUT2D eigenvalue weighted by Gasteiger charge is -2.30. The molecule has 0 bridgehead atoms. The minimum absolute atomic E-state index is 0.159. The number of nitrogens with zero attached hydrogens (tertiary/aromatic N) is 3. The van der Waals surface area contributed by atoms with E-state index in [1.54, 1.807) is 0 Å². The predicted molar refractivity (Wildman–Crippen MR) is 52.2 cm³/mol. The maximum atomic E-state index is 9.25. The molecule has 1 aliphatic heterocycles. The monoisotopic (exact) mass is 191 g/mol. The molecule has 4 nitrogen and oxygen atoms in total. The molecule has 2 atom stereocenters. The molecule has 0 radical (unpaired) electrons. The van der Waals surface area contributed by atoms with Gasteiger partial charge in [0.15, 0.2) is 0 Å². The molecule has 0 amide bonds. The van der Waals surface area contributed by atoms with Gasteiger partial charge in [-0.1, -0.05) is 0 Å². The van der Waals surface area contributed by atoms with Crippen LogP contribution in [0.3, 0.4) is 0 Å². The van der Waals surface area contributed by atoms with E-state index in [9.17, 15) is 5.11 Å². The van der Waals surface area contributed by atoms with Crippen LogP contribution in [-0.2, 0) is 0 Å². The third-order valence-electron chi connectivity index (χ3n) is 2.98. The van der Waals surface area contributed by atoms with Crippen LogP contribution >= 0.6 is 0 Å². The van der Waals surface area contributed by atoms with Crippen LogP contribution in [0.25, 0.3) is 0 Å². The zero-order chi connectivity index (χ0) is 9.54. The molecule has 4 heteroatoms. The van der Waals surface area contributed by atoms with Gasteiger partial charge in [-0.3, -0.25) is 0 Å². The van der Waals surface area contributed by atoms with Crippen LogP contribution in [0, 0.1) is 0 Å². The van der Waals surface area contributed by atoms with Crippen molar-refractivity contribution in [2.75, 3.05) is 18.0 Å². The van der Waals surface area contributed by atoms with Gasteiger partial charge in [-0.25, -0.2) is 9.97 Å². The van der Waals surface area contributed by atoms with Crippen LogP contribution in [0.5, 0.6) is 0 Å². The van der Waals surface area contributed by atoms with Gasteiger partial charge in [-0.15, -0.1) is 0 Å². The SMILES string of the molecule is OC1CC1c1cnc(N2CCC2)nc1. The van der Waals surface area contributed by atoms with E-state index in [-0.39, 0.29) is 6.10 Å². The van der Waals surface area contributed by atoms with Crippen molar-refractivity contribution in [3.8, 4) is 0 Å². The van der Waals surface area contributed by atoms with E-state index in [1.807, 2.05) is 12.4 Å². The second kappa shape index (κ2) is 2.92. The Balaban J connectivity index is 1.76. The number of aromatic nitrogens is 2. The van der Waals surface area contributed by atoms with Gasteiger partial charge in [0.1, 0.15) is 0 Å². The minimum atomic E-state index is -0.159. The zero-order valence-corrected chi connectivity index (χ0v) is 7.93.